The lowest BCUT2D eigenvalue weighted by Gasteiger charge is -2.18. The molecule has 0 heterocycles. The second-order valence-corrected chi connectivity index (χ2v) is 4.71. The van der Waals surface area contributed by atoms with Crippen molar-refractivity contribution in [3.63, 3.8) is 0 Å². The number of amides is 2. The zero-order valence-electron chi connectivity index (χ0n) is 10.7. The normalized spacial score (nSPS) is 10.1. The number of halogens is 1. The van der Waals surface area contributed by atoms with Crippen molar-refractivity contribution in [1.82, 2.24) is 0 Å². The Balaban J connectivity index is 3.42. The number of rotatable bonds is 2. The van der Waals surface area contributed by atoms with E-state index in [-0.39, 0.29) is 0 Å². The van der Waals surface area contributed by atoms with E-state index in [1.54, 1.807) is 0 Å². The quantitative estimate of drug-likeness (QED) is 0.817. The average Bonchev–Trinajstić information content (AvgIpc) is 2.33. The Bertz CT molecular complexity index is 527. The van der Waals surface area contributed by atoms with Gasteiger partial charge in [-0.25, -0.2) is 0 Å². The highest BCUT2D eigenvalue weighted by Gasteiger charge is 2.20. The number of carbonyl (C=O) groups excluding carboxylic acids is 2. The van der Waals surface area contributed by atoms with Gasteiger partial charge in [0.1, 0.15) is 5.75 Å². The molecule has 0 saturated carbocycles. The third-order valence-corrected chi connectivity index (χ3v) is 4.02. The summed E-state index contributed by atoms with van der Waals surface area (Å²) in [5.41, 5.74) is 8.06. The van der Waals surface area contributed by atoms with E-state index in [0.717, 1.165) is 21.2 Å². The molecule has 0 saturated heterocycles. The molecule has 0 aliphatic rings. The molecule has 98 valence electrons. The van der Waals surface area contributed by atoms with Crippen molar-refractivity contribution in [3.05, 3.63) is 21.2 Å². The van der Waals surface area contributed by atoms with Crippen molar-refractivity contribution < 1.29 is 14.3 Å². The molecular formula is C12H15BrN2O3. The number of methoxy groups -OCH3 is 1. The maximum Gasteiger partial charge on any atom is 0.313 e. The van der Waals surface area contributed by atoms with Crippen LogP contribution >= 0.6 is 15.9 Å². The predicted molar refractivity (Wildman–Crippen MR) is 72.7 cm³/mol. The molecule has 1 rings (SSSR count). The third kappa shape index (κ3) is 2.48. The van der Waals surface area contributed by atoms with Gasteiger partial charge in [0.15, 0.2) is 0 Å². The number of hydrogen-bond donors (Lipinski definition) is 2. The lowest BCUT2D eigenvalue weighted by Crippen LogP contribution is -2.30. The van der Waals surface area contributed by atoms with Crippen molar-refractivity contribution >= 4 is 33.4 Å². The Kier molecular flexibility index (Phi) is 4.34. The SMILES string of the molecule is COc1c(C)c(C)c(Br)c(C)c1NC(=O)C(N)=O. The Labute approximate surface area is 114 Å². The van der Waals surface area contributed by atoms with Gasteiger partial charge in [-0.1, -0.05) is 15.9 Å². The van der Waals surface area contributed by atoms with Crippen LogP contribution in [0.2, 0.25) is 0 Å². The van der Waals surface area contributed by atoms with Crippen molar-refractivity contribution in [2.75, 3.05) is 12.4 Å². The summed E-state index contributed by atoms with van der Waals surface area (Å²) in [5.74, 6) is -1.37. The Morgan fingerprint density at radius 1 is 1.17 bits per heavy atom. The van der Waals surface area contributed by atoms with E-state index < -0.39 is 11.8 Å². The van der Waals surface area contributed by atoms with Crippen LogP contribution in [0.4, 0.5) is 5.69 Å². The van der Waals surface area contributed by atoms with Gasteiger partial charge in [0.2, 0.25) is 0 Å². The van der Waals surface area contributed by atoms with Gasteiger partial charge in [-0.2, -0.15) is 0 Å². The van der Waals surface area contributed by atoms with Crippen LogP contribution in [0.15, 0.2) is 4.47 Å². The molecule has 6 heteroatoms. The van der Waals surface area contributed by atoms with Gasteiger partial charge in [0.05, 0.1) is 12.8 Å². The minimum atomic E-state index is -1.04. The Morgan fingerprint density at radius 2 is 1.72 bits per heavy atom. The molecule has 0 unspecified atom stereocenters. The number of carbonyl (C=O) groups is 2. The highest BCUT2D eigenvalue weighted by molar-refractivity contribution is 9.10. The topological polar surface area (TPSA) is 81.4 Å². The first kappa shape index (κ1) is 14.5. The van der Waals surface area contributed by atoms with Crippen LogP contribution in [0.3, 0.4) is 0 Å². The fourth-order valence-corrected chi connectivity index (χ4v) is 2.16. The largest absolute Gasteiger partial charge is 0.494 e. The summed E-state index contributed by atoms with van der Waals surface area (Å²) in [5, 5.41) is 2.47. The highest BCUT2D eigenvalue weighted by Crippen LogP contribution is 2.39. The monoisotopic (exact) mass is 314 g/mol. The predicted octanol–water partition coefficient (Wildman–Crippen LogP) is 1.81. The Morgan fingerprint density at radius 3 is 2.17 bits per heavy atom. The van der Waals surface area contributed by atoms with Crippen LogP contribution < -0.4 is 15.8 Å². The van der Waals surface area contributed by atoms with Gasteiger partial charge in [0.25, 0.3) is 0 Å². The minimum absolute atomic E-state index is 0.455. The summed E-state index contributed by atoms with van der Waals surface area (Å²) in [6, 6.07) is 0. The van der Waals surface area contributed by atoms with Crippen LogP contribution in [0.1, 0.15) is 16.7 Å². The first-order valence-corrected chi connectivity index (χ1v) is 6.04. The molecule has 5 nitrogen and oxygen atoms in total. The molecule has 0 spiro atoms. The lowest BCUT2D eigenvalue weighted by molar-refractivity contribution is -0.134. The number of nitrogens with one attached hydrogen (secondary N) is 1. The molecule has 18 heavy (non-hydrogen) atoms. The molecule has 0 fully saturated rings. The van der Waals surface area contributed by atoms with Gasteiger partial charge in [0, 0.05) is 4.47 Å². The number of primary amides is 1. The van der Waals surface area contributed by atoms with Gasteiger partial charge in [-0.15, -0.1) is 0 Å². The van der Waals surface area contributed by atoms with Gasteiger partial charge >= 0.3 is 11.8 Å². The maximum atomic E-state index is 11.4. The summed E-state index contributed by atoms with van der Waals surface area (Å²) >= 11 is 3.45. The van der Waals surface area contributed by atoms with Crippen LogP contribution in [0, 0.1) is 20.8 Å². The summed E-state index contributed by atoms with van der Waals surface area (Å²) in [6.07, 6.45) is 0. The molecular weight excluding hydrogens is 300 g/mol. The van der Waals surface area contributed by atoms with Crippen molar-refractivity contribution in [1.29, 1.82) is 0 Å². The maximum absolute atomic E-state index is 11.4. The fourth-order valence-electron chi connectivity index (χ4n) is 1.66. The molecule has 3 N–H and O–H groups in total. The zero-order valence-corrected chi connectivity index (χ0v) is 12.3. The second-order valence-electron chi connectivity index (χ2n) is 3.92. The summed E-state index contributed by atoms with van der Waals surface area (Å²) in [7, 11) is 1.51. The summed E-state index contributed by atoms with van der Waals surface area (Å²) < 4.78 is 6.15. The number of ether oxygens (including phenoxy) is 1. The van der Waals surface area contributed by atoms with Crippen molar-refractivity contribution in [2.45, 2.75) is 20.8 Å². The standard InChI is InChI=1S/C12H15BrN2O3/c1-5-6(2)10(18-4)9(7(3)8(5)13)15-12(17)11(14)16/h1-4H3,(H2,14,16)(H,15,17). The zero-order chi connectivity index (χ0) is 14.0. The third-order valence-electron chi connectivity index (χ3n) is 2.83. The summed E-state index contributed by atoms with van der Waals surface area (Å²) in [6.45, 7) is 5.63. The number of nitrogens with two attached hydrogens (primary N) is 1. The summed E-state index contributed by atoms with van der Waals surface area (Å²) in [4.78, 5) is 22.2. The van der Waals surface area contributed by atoms with E-state index in [0.29, 0.717) is 11.4 Å². The molecule has 1 aromatic rings. The Hall–Kier alpha value is -1.56. The van der Waals surface area contributed by atoms with Crippen LogP contribution in [-0.2, 0) is 9.59 Å². The van der Waals surface area contributed by atoms with Crippen LogP contribution in [0.5, 0.6) is 5.75 Å². The first-order chi connectivity index (χ1) is 8.31. The van der Waals surface area contributed by atoms with E-state index in [1.165, 1.54) is 7.11 Å². The lowest BCUT2D eigenvalue weighted by atomic mass is 10.0. The van der Waals surface area contributed by atoms with Gasteiger partial charge < -0.3 is 15.8 Å². The van der Waals surface area contributed by atoms with Crippen LogP contribution in [0.25, 0.3) is 0 Å². The molecule has 0 bridgehead atoms. The van der Waals surface area contributed by atoms with Gasteiger partial charge in [-0.05, 0) is 37.5 Å². The minimum Gasteiger partial charge on any atom is -0.494 e. The molecule has 2 amide bonds. The van der Waals surface area contributed by atoms with Gasteiger partial charge in [-0.3, -0.25) is 9.59 Å². The van der Waals surface area contributed by atoms with E-state index in [2.05, 4.69) is 21.2 Å². The average molecular weight is 315 g/mol. The van der Waals surface area contributed by atoms with E-state index >= 15 is 0 Å². The molecule has 0 aliphatic carbocycles. The van der Waals surface area contributed by atoms with Crippen LogP contribution in [-0.4, -0.2) is 18.9 Å². The number of benzene rings is 1. The molecule has 1 aromatic carbocycles. The molecule has 0 aromatic heterocycles. The molecule has 0 aliphatic heterocycles. The molecule has 0 atom stereocenters. The highest BCUT2D eigenvalue weighted by atomic mass is 79.9. The second kappa shape index (κ2) is 5.39. The smallest absolute Gasteiger partial charge is 0.313 e. The first-order valence-electron chi connectivity index (χ1n) is 5.25. The van der Waals surface area contributed by atoms with E-state index in [1.807, 2.05) is 20.8 Å². The number of anilines is 1. The fraction of sp³-hybridized carbons (Fsp3) is 0.333. The number of hydrogen-bond acceptors (Lipinski definition) is 3. The van der Waals surface area contributed by atoms with E-state index in [9.17, 15) is 9.59 Å². The van der Waals surface area contributed by atoms with E-state index in [4.69, 9.17) is 10.5 Å². The van der Waals surface area contributed by atoms with Crippen molar-refractivity contribution in [2.24, 2.45) is 5.73 Å². The molecule has 0 radical (unpaired) electrons. The van der Waals surface area contributed by atoms with Crippen molar-refractivity contribution in [3.8, 4) is 5.75 Å².